The van der Waals surface area contributed by atoms with Crippen molar-refractivity contribution in [3.8, 4) is 0 Å². The Balaban J connectivity index is 2.04. The molecule has 2 aliphatic heterocycles. The number of hydrogen-bond acceptors (Lipinski definition) is 5. The number of amidine groups is 1. The minimum Gasteiger partial charge on any atom is -0.469 e. The van der Waals surface area contributed by atoms with Crippen LogP contribution in [-0.2, 0) is 14.3 Å². The second-order valence-electron chi connectivity index (χ2n) is 3.44. The molecular weight excluding hydrogens is 216 g/mol. The molecule has 0 aliphatic carbocycles. The van der Waals surface area contributed by atoms with Crippen LogP contribution in [-0.4, -0.2) is 47.9 Å². The van der Waals surface area contributed by atoms with Crippen molar-refractivity contribution >= 4 is 28.8 Å². The highest BCUT2D eigenvalue weighted by Gasteiger charge is 2.37. The van der Waals surface area contributed by atoms with Crippen LogP contribution < -0.4 is 0 Å². The summed E-state index contributed by atoms with van der Waals surface area (Å²) in [4.78, 5) is 28.7. The van der Waals surface area contributed by atoms with E-state index in [0.717, 1.165) is 17.5 Å². The lowest BCUT2D eigenvalue weighted by Gasteiger charge is -2.14. The van der Waals surface area contributed by atoms with E-state index in [1.54, 1.807) is 16.7 Å². The van der Waals surface area contributed by atoms with Gasteiger partial charge in [-0.1, -0.05) is 11.8 Å². The van der Waals surface area contributed by atoms with Gasteiger partial charge in [-0.3, -0.25) is 19.5 Å². The molecular formula is C9H12N2O3S. The minimum absolute atomic E-state index is 0.0291. The van der Waals surface area contributed by atoms with Crippen LogP contribution in [0.3, 0.4) is 0 Å². The molecule has 0 aromatic rings. The van der Waals surface area contributed by atoms with Gasteiger partial charge in [0.25, 0.3) is 0 Å². The van der Waals surface area contributed by atoms with E-state index in [9.17, 15) is 9.59 Å². The molecule has 82 valence electrons. The molecule has 2 aliphatic rings. The van der Waals surface area contributed by atoms with Crippen LogP contribution in [0.15, 0.2) is 4.99 Å². The number of aliphatic imine (C=N–C) groups is 1. The van der Waals surface area contributed by atoms with Crippen molar-refractivity contribution in [1.82, 2.24) is 4.90 Å². The Kier molecular flexibility index (Phi) is 2.95. The van der Waals surface area contributed by atoms with Gasteiger partial charge in [-0.05, 0) is 0 Å². The summed E-state index contributed by atoms with van der Waals surface area (Å²) in [5, 5.41) is 0.756. The fourth-order valence-electron chi connectivity index (χ4n) is 1.70. The van der Waals surface area contributed by atoms with Gasteiger partial charge in [-0.25, -0.2) is 0 Å². The van der Waals surface area contributed by atoms with Crippen molar-refractivity contribution in [2.45, 2.75) is 6.42 Å². The first kappa shape index (κ1) is 10.5. The van der Waals surface area contributed by atoms with E-state index in [1.807, 2.05) is 0 Å². The maximum Gasteiger partial charge on any atom is 0.311 e. The van der Waals surface area contributed by atoms with Gasteiger partial charge in [0.1, 0.15) is 0 Å². The Morgan fingerprint density at radius 3 is 3.07 bits per heavy atom. The number of nitrogens with zero attached hydrogens (tertiary/aromatic N) is 2. The number of carbonyl (C=O) groups excluding carboxylic acids is 2. The molecule has 0 N–H and O–H groups in total. The monoisotopic (exact) mass is 228 g/mol. The van der Waals surface area contributed by atoms with E-state index < -0.39 is 0 Å². The Bertz CT molecular complexity index is 329. The van der Waals surface area contributed by atoms with E-state index in [4.69, 9.17) is 0 Å². The van der Waals surface area contributed by atoms with Crippen LogP contribution in [0.2, 0.25) is 0 Å². The molecule has 5 nitrogen and oxygen atoms in total. The Hall–Kier alpha value is -1.04. The van der Waals surface area contributed by atoms with Gasteiger partial charge in [0, 0.05) is 18.7 Å². The fourth-order valence-corrected chi connectivity index (χ4v) is 2.58. The average molecular weight is 228 g/mol. The molecule has 1 fully saturated rings. The van der Waals surface area contributed by atoms with Crippen LogP contribution >= 0.6 is 11.8 Å². The van der Waals surface area contributed by atoms with Crippen molar-refractivity contribution in [2.24, 2.45) is 10.9 Å². The maximum atomic E-state index is 11.6. The van der Waals surface area contributed by atoms with E-state index in [1.165, 1.54) is 7.11 Å². The molecule has 0 radical (unpaired) electrons. The third kappa shape index (κ3) is 1.99. The summed E-state index contributed by atoms with van der Waals surface area (Å²) in [6.45, 7) is 1.17. The van der Waals surface area contributed by atoms with Gasteiger partial charge in [0.2, 0.25) is 5.91 Å². The number of methoxy groups -OCH3 is 1. The molecule has 0 saturated carbocycles. The lowest BCUT2D eigenvalue weighted by Crippen LogP contribution is -2.30. The molecule has 15 heavy (non-hydrogen) atoms. The quantitative estimate of drug-likeness (QED) is 0.598. The van der Waals surface area contributed by atoms with E-state index in [-0.39, 0.29) is 24.2 Å². The average Bonchev–Trinajstić information content (AvgIpc) is 2.84. The third-order valence-electron chi connectivity index (χ3n) is 2.46. The first-order chi connectivity index (χ1) is 7.22. The SMILES string of the molecule is COC(=O)[C@H]1CC(=O)N(C2=NCCS2)C1. The number of hydrogen-bond donors (Lipinski definition) is 0. The van der Waals surface area contributed by atoms with E-state index in [2.05, 4.69) is 9.73 Å². The first-order valence-corrected chi connectivity index (χ1v) is 5.76. The summed E-state index contributed by atoms with van der Waals surface area (Å²) < 4.78 is 4.63. The normalized spacial score (nSPS) is 25.7. The minimum atomic E-state index is -0.327. The predicted octanol–water partition coefficient (Wildman–Crippen LogP) is 0.111. The molecule has 1 amide bonds. The zero-order valence-electron chi connectivity index (χ0n) is 8.43. The summed E-state index contributed by atoms with van der Waals surface area (Å²) in [5.41, 5.74) is 0. The number of carbonyl (C=O) groups is 2. The standard InChI is InChI=1S/C9H12N2O3S/c1-14-8(13)6-4-7(12)11(5-6)9-10-2-3-15-9/h6H,2-5H2,1H3/t6-/m0/s1. The first-order valence-electron chi connectivity index (χ1n) is 4.78. The highest BCUT2D eigenvalue weighted by molar-refractivity contribution is 8.14. The van der Waals surface area contributed by atoms with Crippen molar-refractivity contribution in [2.75, 3.05) is 26.0 Å². The van der Waals surface area contributed by atoms with Gasteiger partial charge in [-0.15, -0.1) is 0 Å². The van der Waals surface area contributed by atoms with Crippen molar-refractivity contribution in [3.63, 3.8) is 0 Å². The summed E-state index contributed by atoms with van der Waals surface area (Å²) >= 11 is 1.57. The second kappa shape index (κ2) is 4.22. The zero-order valence-corrected chi connectivity index (χ0v) is 9.25. The number of likely N-dealkylation sites (tertiary alicyclic amines) is 1. The predicted molar refractivity (Wildman–Crippen MR) is 56.6 cm³/mol. The fraction of sp³-hybridized carbons (Fsp3) is 0.667. The maximum absolute atomic E-state index is 11.6. The highest BCUT2D eigenvalue weighted by atomic mass is 32.2. The van der Waals surface area contributed by atoms with Crippen LogP contribution in [0.1, 0.15) is 6.42 Å². The summed E-state index contributed by atoms with van der Waals surface area (Å²) in [7, 11) is 1.34. The summed E-state index contributed by atoms with van der Waals surface area (Å²) in [6, 6.07) is 0. The lowest BCUT2D eigenvalue weighted by molar-refractivity contribution is -0.145. The molecule has 0 bridgehead atoms. The number of amides is 1. The summed E-state index contributed by atoms with van der Waals surface area (Å²) in [6.07, 6.45) is 0.242. The third-order valence-corrected chi connectivity index (χ3v) is 3.45. The molecule has 0 spiro atoms. The van der Waals surface area contributed by atoms with Crippen molar-refractivity contribution in [1.29, 1.82) is 0 Å². The highest BCUT2D eigenvalue weighted by Crippen LogP contribution is 2.25. The van der Waals surface area contributed by atoms with Crippen LogP contribution in [0.5, 0.6) is 0 Å². The van der Waals surface area contributed by atoms with Gasteiger partial charge >= 0.3 is 5.97 Å². The molecule has 0 aromatic carbocycles. The largest absolute Gasteiger partial charge is 0.469 e. The van der Waals surface area contributed by atoms with Crippen molar-refractivity contribution in [3.05, 3.63) is 0 Å². The second-order valence-corrected chi connectivity index (χ2v) is 4.50. The molecule has 2 heterocycles. The van der Waals surface area contributed by atoms with Crippen LogP contribution in [0, 0.1) is 5.92 Å². The topological polar surface area (TPSA) is 59.0 Å². The zero-order chi connectivity index (χ0) is 10.8. The number of thioether (sulfide) groups is 1. The molecule has 1 saturated heterocycles. The molecule has 0 aromatic heterocycles. The van der Waals surface area contributed by atoms with Crippen LogP contribution in [0.25, 0.3) is 0 Å². The van der Waals surface area contributed by atoms with Gasteiger partial charge in [-0.2, -0.15) is 0 Å². The van der Waals surface area contributed by atoms with E-state index in [0.29, 0.717) is 6.54 Å². The Labute approximate surface area is 91.9 Å². The van der Waals surface area contributed by atoms with Crippen LogP contribution in [0.4, 0.5) is 0 Å². The van der Waals surface area contributed by atoms with Crippen molar-refractivity contribution < 1.29 is 14.3 Å². The molecule has 6 heteroatoms. The molecule has 2 rings (SSSR count). The van der Waals surface area contributed by atoms with Gasteiger partial charge in [0.15, 0.2) is 5.17 Å². The molecule has 1 atom stereocenters. The smallest absolute Gasteiger partial charge is 0.311 e. The number of esters is 1. The lowest BCUT2D eigenvalue weighted by atomic mass is 10.1. The molecule has 0 unspecified atom stereocenters. The van der Waals surface area contributed by atoms with Gasteiger partial charge < -0.3 is 4.74 Å². The Morgan fingerprint density at radius 1 is 1.67 bits per heavy atom. The Morgan fingerprint density at radius 2 is 2.47 bits per heavy atom. The van der Waals surface area contributed by atoms with Gasteiger partial charge in [0.05, 0.1) is 19.6 Å². The number of rotatable bonds is 1. The number of ether oxygens (including phenoxy) is 1. The summed E-state index contributed by atoms with van der Waals surface area (Å²) in [5.74, 6) is 0.251. The van der Waals surface area contributed by atoms with E-state index >= 15 is 0 Å².